The van der Waals surface area contributed by atoms with E-state index in [0.717, 1.165) is 17.1 Å². The molecule has 0 spiro atoms. The topological polar surface area (TPSA) is 122 Å². The van der Waals surface area contributed by atoms with Crippen molar-refractivity contribution in [1.82, 2.24) is 9.62 Å². The minimum absolute atomic E-state index is 0.0518. The van der Waals surface area contributed by atoms with Crippen LogP contribution in [0.15, 0.2) is 119 Å². The van der Waals surface area contributed by atoms with Gasteiger partial charge in [0.15, 0.2) is 0 Å². The van der Waals surface area contributed by atoms with Gasteiger partial charge in [0, 0.05) is 13.1 Å². The Balaban J connectivity index is 1.20. The number of para-hydroxylation sites is 1. The molecule has 12 heteroatoms. The summed E-state index contributed by atoms with van der Waals surface area (Å²) in [4.78, 5) is 13.2. The van der Waals surface area contributed by atoms with Crippen molar-refractivity contribution in [3.8, 4) is 17.2 Å². The van der Waals surface area contributed by atoms with Crippen LogP contribution in [0, 0.1) is 0 Å². The fourth-order valence-corrected chi connectivity index (χ4v) is 7.63. The minimum Gasteiger partial charge on any atom is -0.492 e. The number of hydrogen-bond donors (Lipinski definition) is 1. The largest absolute Gasteiger partial charge is 0.492 e. The summed E-state index contributed by atoms with van der Waals surface area (Å²) in [5.74, 6) is 1.08. The zero-order valence-electron chi connectivity index (χ0n) is 23.9. The van der Waals surface area contributed by atoms with Crippen molar-refractivity contribution < 1.29 is 31.1 Å². The Kier molecular flexibility index (Phi) is 9.83. The molecule has 1 fully saturated rings. The maximum atomic E-state index is 13.6. The van der Waals surface area contributed by atoms with Crippen molar-refractivity contribution in [2.75, 3.05) is 37.1 Å². The number of hydrogen-bond acceptors (Lipinski definition) is 7. The molecule has 5 rings (SSSR count). The highest BCUT2D eigenvalue weighted by molar-refractivity contribution is 7.92. The first-order valence-corrected chi connectivity index (χ1v) is 17.0. The molecule has 230 valence electrons. The lowest BCUT2D eigenvalue weighted by Crippen LogP contribution is -2.41. The fourth-order valence-electron chi connectivity index (χ4n) is 4.67. The Morgan fingerprint density at radius 1 is 0.705 bits per heavy atom. The highest BCUT2D eigenvalue weighted by Gasteiger charge is 2.28. The highest BCUT2D eigenvalue weighted by atomic mass is 32.2. The molecule has 4 aromatic rings. The average molecular weight is 636 g/mol. The molecule has 0 atom stereocenters. The number of amides is 1. The molecular weight excluding hydrogens is 603 g/mol. The van der Waals surface area contributed by atoms with Crippen LogP contribution >= 0.6 is 0 Å². The molecule has 0 bridgehead atoms. The van der Waals surface area contributed by atoms with Gasteiger partial charge in [-0.1, -0.05) is 36.4 Å². The number of anilines is 1. The molecule has 10 nitrogen and oxygen atoms in total. The fraction of sp³-hybridized carbons (Fsp3) is 0.219. The van der Waals surface area contributed by atoms with E-state index in [0.29, 0.717) is 36.0 Å². The lowest BCUT2D eigenvalue weighted by Gasteiger charge is -2.24. The average Bonchev–Trinajstić information content (AvgIpc) is 3.60. The van der Waals surface area contributed by atoms with Gasteiger partial charge in [-0.3, -0.25) is 9.10 Å². The van der Waals surface area contributed by atoms with Gasteiger partial charge in [0.1, 0.15) is 30.4 Å². The Bertz CT molecular complexity index is 1740. The molecule has 0 aliphatic carbocycles. The summed E-state index contributed by atoms with van der Waals surface area (Å²) >= 11 is 0. The second-order valence-electron chi connectivity index (χ2n) is 10.0. The van der Waals surface area contributed by atoms with Crippen LogP contribution in [-0.4, -0.2) is 59.8 Å². The number of benzene rings is 4. The lowest BCUT2D eigenvalue weighted by molar-refractivity contribution is -0.119. The summed E-state index contributed by atoms with van der Waals surface area (Å²) in [5.41, 5.74) is 0.296. The summed E-state index contributed by atoms with van der Waals surface area (Å²) < 4.78 is 66.6. The molecule has 1 aliphatic heterocycles. The summed E-state index contributed by atoms with van der Waals surface area (Å²) in [6.07, 6.45) is 1.72. The van der Waals surface area contributed by atoms with E-state index in [9.17, 15) is 21.6 Å². The monoisotopic (exact) mass is 635 g/mol. The molecule has 0 aromatic heterocycles. The van der Waals surface area contributed by atoms with Crippen molar-refractivity contribution in [3.05, 3.63) is 109 Å². The summed E-state index contributed by atoms with van der Waals surface area (Å²) in [7, 11) is -7.58. The van der Waals surface area contributed by atoms with E-state index in [1.165, 1.54) is 28.6 Å². The van der Waals surface area contributed by atoms with Crippen LogP contribution in [0.1, 0.15) is 12.8 Å². The van der Waals surface area contributed by atoms with Gasteiger partial charge in [0.05, 0.1) is 22.0 Å². The van der Waals surface area contributed by atoms with Crippen LogP contribution in [0.5, 0.6) is 17.2 Å². The molecule has 1 saturated heterocycles. The van der Waals surface area contributed by atoms with E-state index in [2.05, 4.69) is 5.32 Å². The Labute approximate surface area is 257 Å². The molecule has 1 N–H and O–H groups in total. The minimum atomic E-state index is -4.07. The number of carbonyl (C=O) groups excluding carboxylic acids is 1. The van der Waals surface area contributed by atoms with Gasteiger partial charge >= 0.3 is 0 Å². The predicted octanol–water partition coefficient (Wildman–Crippen LogP) is 4.65. The standard InChI is InChI=1S/C32H33N3O7S2/c36-32(33-21-24-41-27-17-19-31(20-18-27)43(37,38)34-22-7-8-23-34)25-35(44(39,40)30-11-5-2-6-12-30)26-13-15-29(16-14-26)42-28-9-3-1-4-10-28/h1-6,9-20H,7-8,21-25H2,(H,33,36). The van der Waals surface area contributed by atoms with Crippen LogP contribution < -0.4 is 19.1 Å². The third-order valence-corrected chi connectivity index (χ3v) is 10.6. The number of sulfonamides is 2. The Morgan fingerprint density at radius 2 is 1.27 bits per heavy atom. The number of ether oxygens (including phenoxy) is 2. The van der Waals surface area contributed by atoms with Gasteiger partial charge in [-0.15, -0.1) is 0 Å². The van der Waals surface area contributed by atoms with E-state index < -0.39 is 32.5 Å². The summed E-state index contributed by atoms with van der Waals surface area (Å²) in [6, 6.07) is 29.7. The normalized spacial score (nSPS) is 13.7. The molecule has 1 heterocycles. The van der Waals surface area contributed by atoms with Gasteiger partial charge in [0.25, 0.3) is 10.0 Å². The van der Waals surface area contributed by atoms with Gasteiger partial charge in [-0.25, -0.2) is 16.8 Å². The van der Waals surface area contributed by atoms with Crippen LogP contribution in [0.3, 0.4) is 0 Å². The third-order valence-electron chi connectivity index (χ3n) is 6.94. The van der Waals surface area contributed by atoms with Crippen molar-refractivity contribution in [3.63, 3.8) is 0 Å². The summed E-state index contributed by atoms with van der Waals surface area (Å²) in [6.45, 7) is 0.798. The maximum Gasteiger partial charge on any atom is 0.264 e. The quantitative estimate of drug-likeness (QED) is 0.212. The van der Waals surface area contributed by atoms with Gasteiger partial charge in [-0.05, 0) is 85.6 Å². The van der Waals surface area contributed by atoms with E-state index in [4.69, 9.17) is 9.47 Å². The number of carbonyl (C=O) groups is 1. The number of nitrogens with one attached hydrogen (secondary N) is 1. The SMILES string of the molecule is O=C(CN(c1ccc(Oc2ccccc2)cc1)S(=O)(=O)c1ccccc1)NCCOc1ccc(S(=O)(=O)N2CCCC2)cc1. The molecule has 4 aromatic carbocycles. The van der Waals surface area contributed by atoms with Crippen LogP contribution in [0.2, 0.25) is 0 Å². The predicted molar refractivity (Wildman–Crippen MR) is 167 cm³/mol. The number of nitrogens with zero attached hydrogens (tertiary/aromatic N) is 2. The van der Waals surface area contributed by atoms with Crippen molar-refractivity contribution >= 4 is 31.6 Å². The first-order chi connectivity index (χ1) is 21.2. The molecule has 44 heavy (non-hydrogen) atoms. The van der Waals surface area contributed by atoms with E-state index in [-0.39, 0.29) is 22.9 Å². The highest BCUT2D eigenvalue weighted by Crippen LogP contribution is 2.28. The zero-order chi connectivity index (χ0) is 31.0. The molecule has 0 unspecified atom stereocenters. The van der Waals surface area contributed by atoms with Crippen molar-refractivity contribution in [2.45, 2.75) is 22.6 Å². The summed E-state index contributed by atoms with van der Waals surface area (Å²) in [5, 5.41) is 2.70. The van der Waals surface area contributed by atoms with Crippen LogP contribution in [-0.2, 0) is 24.8 Å². The molecule has 0 saturated carbocycles. The van der Waals surface area contributed by atoms with E-state index in [1.54, 1.807) is 54.6 Å². The van der Waals surface area contributed by atoms with Crippen molar-refractivity contribution in [1.29, 1.82) is 0 Å². The molecule has 1 aliphatic rings. The van der Waals surface area contributed by atoms with Crippen LogP contribution in [0.25, 0.3) is 0 Å². The molecule has 0 radical (unpaired) electrons. The first kappa shape index (κ1) is 31.0. The van der Waals surface area contributed by atoms with Crippen LogP contribution in [0.4, 0.5) is 5.69 Å². The van der Waals surface area contributed by atoms with E-state index >= 15 is 0 Å². The second kappa shape index (κ2) is 13.9. The Morgan fingerprint density at radius 3 is 1.91 bits per heavy atom. The second-order valence-corrected chi connectivity index (χ2v) is 13.8. The van der Waals surface area contributed by atoms with Gasteiger partial charge in [0.2, 0.25) is 15.9 Å². The van der Waals surface area contributed by atoms with Gasteiger partial charge in [-0.2, -0.15) is 4.31 Å². The van der Waals surface area contributed by atoms with Gasteiger partial charge < -0.3 is 14.8 Å². The smallest absolute Gasteiger partial charge is 0.264 e. The maximum absolute atomic E-state index is 13.6. The lowest BCUT2D eigenvalue weighted by atomic mass is 10.3. The van der Waals surface area contributed by atoms with Crippen molar-refractivity contribution in [2.24, 2.45) is 0 Å². The number of rotatable bonds is 13. The first-order valence-electron chi connectivity index (χ1n) is 14.1. The third kappa shape index (κ3) is 7.57. The van der Waals surface area contributed by atoms with E-state index in [1.807, 2.05) is 30.3 Å². The zero-order valence-corrected chi connectivity index (χ0v) is 25.5. The molecular formula is C32H33N3O7S2. The Hall–Kier alpha value is -4.39. The molecule has 1 amide bonds.